The van der Waals surface area contributed by atoms with Gasteiger partial charge >= 0.3 is 0 Å². The number of fused-ring (bicyclic) bond motifs is 1. The minimum atomic E-state index is -3.73. The summed E-state index contributed by atoms with van der Waals surface area (Å²) in [6, 6.07) is 9.92. The molecule has 2 aromatic carbocycles. The van der Waals surface area contributed by atoms with Gasteiger partial charge < -0.3 is 14.8 Å². The van der Waals surface area contributed by atoms with E-state index in [2.05, 4.69) is 5.32 Å². The smallest absolute Gasteiger partial charge is 0.265 e. The summed E-state index contributed by atoms with van der Waals surface area (Å²) in [6.07, 6.45) is 2.39. The molecule has 9 heteroatoms. The van der Waals surface area contributed by atoms with Gasteiger partial charge in [-0.25, -0.2) is 8.42 Å². The van der Waals surface area contributed by atoms with E-state index in [0.29, 0.717) is 42.6 Å². The van der Waals surface area contributed by atoms with Gasteiger partial charge in [-0.2, -0.15) is 4.31 Å². The van der Waals surface area contributed by atoms with Crippen molar-refractivity contribution in [1.29, 1.82) is 0 Å². The number of nitrogens with zero attached hydrogens (tertiary/aromatic N) is 1. The first kappa shape index (κ1) is 21.9. The van der Waals surface area contributed by atoms with Crippen LogP contribution in [0.25, 0.3) is 0 Å². The standard InChI is InChI=1S/C22H25ClN2O5S/c1-2-29-19-9-7-17(14-21(19)31(27,28)25-10-4-3-5-11-25)24-22(26)20-13-15-12-16(23)6-8-18(15)30-20/h6-9,12,14,20H,2-5,10-11,13H2,1H3,(H,24,26). The van der Waals surface area contributed by atoms with Crippen LogP contribution in [0, 0.1) is 0 Å². The van der Waals surface area contributed by atoms with Gasteiger partial charge in [-0.05, 0) is 61.7 Å². The fourth-order valence-corrected chi connectivity index (χ4v) is 5.76. The van der Waals surface area contributed by atoms with E-state index < -0.39 is 16.1 Å². The predicted octanol–water partition coefficient (Wildman–Crippen LogP) is 3.86. The Labute approximate surface area is 187 Å². The lowest BCUT2D eigenvalue weighted by molar-refractivity contribution is -0.122. The molecule has 0 saturated carbocycles. The van der Waals surface area contributed by atoms with Crippen molar-refractivity contribution in [3.63, 3.8) is 0 Å². The molecule has 4 rings (SSSR count). The number of ether oxygens (including phenoxy) is 2. The molecule has 31 heavy (non-hydrogen) atoms. The van der Waals surface area contributed by atoms with E-state index in [4.69, 9.17) is 21.1 Å². The largest absolute Gasteiger partial charge is 0.492 e. The Bertz CT molecular complexity index is 1080. The number of anilines is 1. The second kappa shape index (κ2) is 9.06. The molecule has 2 aliphatic rings. The van der Waals surface area contributed by atoms with E-state index in [1.807, 2.05) is 0 Å². The fourth-order valence-electron chi connectivity index (χ4n) is 3.89. The molecular formula is C22H25ClN2O5S. The molecule has 1 N–H and O–H groups in total. The number of amides is 1. The monoisotopic (exact) mass is 464 g/mol. The highest BCUT2D eigenvalue weighted by Gasteiger charge is 2.31. The summed E-state index contributed by atoms with van der Waals surface area (Å²) >= 11 is 6.02. The Balaban J connectivity index is 1.55. The first-order valence-corrected chi connectivity index (χ1v) is 12.2. The van der Waals surface area contributed by atoms with Gasteiger partial charge in [-0.3, -0.25) is 4.79 Å². The van der Waals surface area contributed by atoms with E-state index in [1.54, 1.807) is 37.3 Å². The van der Waals surface area contributed by atoms with Crippen LogP contribution in [0.1, 0.15) is 31.7 Å². The van der Waals surface area contributed by atoms with Crippen LogP contribution >= 0.6 is 11.6 Å². The maximum absolute atomic E-state index is 13.3. The third-order valence-corrected chi connectivity index (χ3v) is 7.59. The minimum Gasteiger partial charge on any atom is -0.492 e. The lowest BCUT2D eigenvalue weighted by Gasteiger charge is -2.27. The fraction of sp³-hybridized carbons (Fsp3) is 0.409. The van der Waals surface area contributed by atoms with Crippen LogP contribution in [-0.4, -0.2) is 44.4 Å². The van der Waals surface area contributed by atoms with Crippen LogP contribution in [0.15, 0.2) is 41.3 Å². The van der Waals surface area contributed by atoms with Gasteiger partial charge in [0, 0.05) is 30.2 Å². The number of sulfonamides is 1. The molecule has 7 nitrogen and oxygen atoms in total. The second-order valence-corrected chi connectivity index (χ2v) is 9.95. The van der Waals surface area contributed by atoms with Crippen molar-refractivity contribution in [2.45, 2.75) is 43.6 Å². The van der Waals surface area contributed by atoms with Gasteiger partial charge in [-0.15, -0.1) is 0 Å². The van der Waals surface area contributed by atoms with Gasteiger partial charge in [0.2, 0.25) is 10.0 Å². The van der Waals surface area contributed by atoms with Crippen molar-refractivity contribution >= 4 is 33.2 Å². The van der Waals surface area contributed by atoms with Crippen molar-refractivity contribution in [1.82, 2.24) is 4.31 Å². The van der Waals surface area contributed by atoms with Crippen LogP contribution in [0.4, 0.5) is 5.69 Å². The summed E-state index contributed by atoms with van der Waals surface area (Å²) in [5, 5.41) is 3.37. The van der Waals surface area contributed by atoms with Crippen molar-refractivity contribution in [2.24, 2.45) is 0 Å². The number of rotatable bonds is 6. The Morgan fingerprint density at radius 3 is 2.71 bits per heavy atom. The molecule has 1 fully saturated rings. The van der Waals surface area contributed by atoms with Crippen LogP contribution in [0.2, 0.25) is 5.02 Å². The first-order valence-electron chi connectivity index (χ1n) is 10.4. The zero-order chi connectivity index (χ0) is 22.0. The van der Waals surface area contributed by atoms with E-state index >= 15 is 0 Å². The number of nitrogens with one attached hydrogen (secondary N) is 1. The number of carbonyl (C=O) groups is 1. The lowest BCUT2D eigenvalue weighted by atomic mass is 10.1. The molecule has 1 amide bonds. The van der Waals surface area contributed by atoms with Gasteiger partial charge in [0.05, 0.1) is 6.61 Å². The highest BCUT2D eigenvalue weighted by atomic mass is 35.5. The van der Waals surface area contributed by atoms with Gasteiger partial charge in [-0.1, -0.05) is 18.0 Å². The van der Waals surface area contributed by atoms with E-state index in [1.165, 1.54) is 10.4 Å². The lowest BCUT2D eigenvalue weighted by Crippen LogP contribution is -2.36. The molecule has 0 radical (unpaired) electrons. The molecule has 166 valence electrons. The highest BCUT2D eigenvalue weighted by Crippen LogP contribution is 2.33. The number of hydrogen-bond acceptors (Lipinski definition) is 5. The molecule has 2 heterocycles. The normalized spacial score (nSPS) is 18.8. The number of hydrogen-bond donors (Lipinski definition) is 1. The summed E-state index contributed by atoms with van der Waals surface area (Å²) < 4.78 is 39.3. The van der Waals surface area contributed by atoms with Gasteiger partial charge in [0.1, 0.15) is 16.4 Å². The van der Waals surface area contributed by atoms with Crippen molar-refractivity contribution in [2.75, 3.05) is 25.0 Å². The van der Waals surface area contributed by atoms with Gasteiger partial charge in [0.15, 0.2) is 6.10 Å². The SMILES string of the molecule is CCOc1ccc(NC(=O)C2Cc3cc(Cl)ccc3O2)cc1S(=O)(=O)N1CCCCC1. The number of benzene rings is 2. The third-order valence-electron chi connectivity index (χ3n) is 5.43. The third kappa shape index (κ3) is 4.66. The summed E-state index contributed by atoms with van der Waals surface area (Å²) in [7, 11) is -3.73. The van der Waals surface area contributed by atoms with Crippen LogP contribution in [0.5, 0.6) is 11.5 Å². The van der Waals surface area contributed by atoms with E-state index in [0.717, 1.165) is 24.8 Å². The number of piperidine rings is 1. The summed E-state index contributed by atoms with van der Waals surface area (Å²) in [5.41, 5.74) is 1.24. The molecule has 1 unspecified atom stereocenters. The molecule has 0 aliphatic carbocycles. The Kier molecular flexibility index (Phi) is 6.41. The average molecular weight is 465 g/mol. The Morgan fingerprint density at radius 1 is 1.19 bits per heavy atom. The molecule has 1 saturated heterocycles. The van der Waals surface area contributed by atoms with Gasteiger partial charge in [0.25, 0.3) is 5.91 Å². The zero-order valence-electron chi connectivity index (χ0n) is 17.3. The van der Waals surface area contributed by atoms with Crippen LogP contribution < -0.4 is 14.8 Å². The van der Waals surface area contributed by atoms with E-state index in [-0.39, 0.29) is 16.6 Å². The van der Waals surface area contributed by atoms with Crippen molar-refractivity contribution in [3.8, 4) is 11.5 Å². The Hall–Kier alpha value is -2.29. The number of halogens is 1. The average Bonchev–Trinajstić information content (AvgIpc) is 3.19. The maximum atomic E-state index is 13.3. The maximum Gasteiger partial charge on any atom is 0.265 e. The quantitative estimate of drug-likeness (QED) is 0.701. The summed E-state index contributed by atoms with van der Waals surface area (Å²) in [4.78, 5) is 12.8. The van der Waals surface area contributed by atoms with Crippen LogP contribution in [0.3, 0.4) is 0 Å². The molecule has 2 aliphatic heterocycles. The summed E-state index contributed by atoms with van der Waals surface area (Å²) in [5.74, 6) is 0.563. The van der Waals surface area contributed by atoms with Crippen molar-refractivity contribution in [3.05, 3.63) is 47.0 Å². The molecule has 0 aromatic heterocycles. The predicted molar refractivity (Wildman–Crippen MR) is 118 cm³/mol. The molecule has 0 spiro atoms. The molecular weight excluding hydrogens is 440 g/mol. The Morgan fingerprint density at radius 2 is 1.97 bits per heavy atom. The minimum absolute atomic E-state index is 0.0662. The van der Waals surface area contributed by atoms with Crippen LogP contribution in [-0.2, 0) is 21.2 Å². The topological polar surface area (TPSA) is 84.9 Å². The van der Waals surface area contributed by atoms with E-state index in [9.17, 15) is 13.2 Å². The molecule has 1 atom stereocenters. The second-order valence-electron chi connectivity index (χ2n) is 7.61. The van der Waals surface area contributed by atoms with Crippen molar-refractivity contribution < 1.29 is 22.7 Å². The summed E-state index contributed by atoms with van der Waals surface area (Å²) in [6.45, 7) is 3.11. The zero-order valence-corrected chi connectivity index (χ0v) is 18.8. The highest BCUT2D eigenvalue weighted by molar-refractivity contribution is 7.89. The number of carbonyl (C=O) groups excluding carboxylic acids is 1. The molecule has 0 bridgehead atoms. The first-order chi connectivity index (χ1) is 14.9. The molecule has 2 aromatic rings.